The predicted molar refractivity (Wildman–Crippen MR) is 81.6 cm³/mol. The normalized spacial score (nSPS) is 11.6. The van der Waals surface area contributed by atoms with Gasteiger partial charge in [0.15, 0.2) is 0 Å². The van der Waals surface area contributed by atoms with E-state index in [1.165, 1.54) is 18.3 Å². The van der Waals surface area contributed by atoms with Crippen molar-refractivity contribution in [1.82, 2.24) is 4.98 Å². The van der Waals surface area contributed by atoms with Crippen LogP contribution in [0.1, 0.15) is 0 Å². The number of hydrogen-bond donors (Lipinski definition) is 4. The Morgan fingerprint density at radius 2 is 1.95 bits per heavy atom. The van der Waals surface area contributed by atoms with Crippen molar-refractivity contribution in [3.05, 3.63) is 48.7 Å². The van der Waals surface area contributed by atoms with Gasteiger partial charge in [0.1, 0.15) is 10.6 Å². The molecule has 6 nitrogen and oxygen atoms in total. The van der Waals surface area contributed by atoms with Gasteiger partial charge in [0.2, 0.25) is 0 Å². The van der Waals surface area contributed by atoms with Crippen molar-refractivity contribution in [1.29, 1.82) is 0 Å². The van der Waals surface area contributed by atoms with E-state index in [2.05, 4.69) is 9.71 Å². The number of phenolic OH excluding ortho intramolecular Hbond substituents is 1. The summed E-state index contributed by atoms with van der Waals surface area (Å²) in [6.07, 6.45) is 1.41. The Morgan fingerprint density at radius 1 is 1.14 bits per heavy atom. The number of aromatic amines is 1. The molecule has 7 heteroatoms. The molecule has 0 atom stereocenters. The Morgan fingerprint density at radius 3 is 2.71 bits per heavy atom. The minimum Gasteiger partial charge on any atom is -0.508 e. The van der Waals surface area contributed by atoms with E-state index >= 15 is 0 Å². The fourth-order valence-electron chi connectivity index (χ4n) is 2.12. The molecule has 1 aromatic heterocycles. The van der Waals surface area contributed by atoms with Gasteiger partial charge in [-0.3, -0.25) is 4.72 Å². The Hall–Kier alpha value is -2.67. The van der Waals surface area contributed by atoms with Crippen molar-refractivity contribution in [3.8, 4) is 5.75 Å². The minimum atomic E-state index is -3.76. The SMILES string of the molecule is Nc1ccc2c(S(=O)(=O)Nc3cccc(O)c3)c[nH]c2c1. The maximum absolute atomic E-state index is 12.4. The summed E-state index contributed by atoms with van der Waals surface area (Å²) in [5.74, 6) is -0.0121. The van der Waals surface area contributed by atoms with Gasteiger partial charge in [-0.1, -0.05) is 6.07 Å². The second-order valence-corrected chi connectivity index (χ2v) is 6.26. The average Bonchev–Trinajstić information content (AvgIpc) is 2.81. The summed E-state index contributed by atoms with van der Waals surface area (Å²) in [6.45, 7) is 0. The molecule has 0 fully saturated rings. The number of nitrogen functional groups attached to an aromatic ring is 1. The van der Waals surface area contributed by atoms with Crippen LogP contribution in [0.3, 0.4) is 0 Å². The van der Waals surface area contributed by atoms with E-state index < -0.39 is 10.0 Å². The number of H-pyrrole nitrogens is 1. The number of aromatic hydroxyl groups is 1. The Bertz CT molecular complexity index is 916. The Balaban J connectivity index is 2.04. The van der Waals surface area contributed by atoms with Crippen LogP contribution < -0.4 is 10.5 Å². The van der Waals surface area contributed by atoms with E-state index in [0.29, 0.717) is 22.3 Å². The van der Waals surface area contributed by atoms with Crippen LogP contribution in [0.15, 0.2) is 53.6 Å². The number of anilines is 2. The highest BCUT2D eigenvalue weighted by atomic mass is 32.2. The lowest BCUT2D eigenvalue weighted by atomic mass is 10.2. The van der Waals surface area contributed by atoms with Crippen LogP contribution in [0.5, 0.6) is 5.75 Å². The third-order valence-electron chi connectivity index (χ3n) is 3.06. The van der Waals surface area contributed by atoms with Crippen LogP contribution in [-0.4, -0.2) is 18.5 Å². The molecule has 1 heterocycles. The van der Waals surface area contributed by atoms with Crippen molar-refractivity contribution in [2.75, 3.05) is 10.5 Å². The fourth-order valence-corrected chi connectivity index (χ4v) is 3.35. The van der Waals surface area contributed by atoms with Gasteiger partial charge >= 0.3 is 0 Å². The molecule has 3 aromatic rings. The molecule has 108 valence electrons. The largest absolute Gasteiger partial charge is 0.508 e. The first kappa shape index (κ1) is 13.3. The molecular formula is C14H13N3O3S. The number of phenols is 1. The smallest absolute Gasteiger partial charge is 0.264 e. The number of sulfonamides is 1. The lowest BCUT2D eigenvalue weighted by Gasteiger charge is -2.07. The first-order valence-electron chi connectivity index (χ1n) is 6.14. The number of nitrogens with two attached hydrogens (primary N) is 1. The van der Waals surface area contributed by atoms with Crippen LogP contribution in [0, 0.1) is 0 Å². The first-order valence-corrected chi connectivity index (χ1v) is 7.62. The Labute approximate surface area is 121 Å². The summed E-state index contributed by atoms with van der Waals surface area (Å²) in [5, 5.41) is 9.94. The topological polar surface area (TPSA) is 108 Å². The van der Waals surface area contributed by atoms with Gasteiger partial charge in [-0.05, 0) is 30.3 Å². The zero-order valence-corrected chi connectivity index (χ0v) is 11.7. The van der Waals surface area contributed by atoms with Crippen molar-refractivity contribution < 1.29 is 13.5 Å². The number of rotatable bonds is 3. The van der Waals surface area contributed by atoms with Crippen LogP contribution in [0.25, 0.3) is 10.9 Å². The number of benzene rings is 2. The molecule has 2 aromatic carbocycles. The number of hydrogen-bond acceptors (Lipinski definition) is 4. The quantitative estimate of drug-likeness (QED) is 0.556. The maximum atomic E-state index is 12.4. The van der Waals surface area contributed by atoms with Gasteiger partial charge in [-0.15, -0.1) is 0 Å². The molecule has 0 aliphatic heterocycles. The second-order valence-electron chi connectivity index (χ2n) is 4.61. The van der Waals surface area contributed by atoms with E-state index in [1.54, 1.807) is 30.3 Å². The molecule has 0 bridgehead atoms. The standard InChI is InChI=1S/C14H13N3O3S/c15-9-4-5-12-13(6-9)16-8-14(12)21(19,20)17-10-2-1-3-11(18)7-10/h1-8,16-18H,15H2. The van der Waals surface area contributed by atoms with Crippen LogP contribution in [0.2, 0.25) is 0 Å². The summed E-state index contributed by atoms with van der Waals surface area (Å²) < 4.78 is 27.3. The monoisotopic (exact) mass is 303 g/mol. The van der Waals surface area contributed by atoms with Crippen LogP contribution in [-0.2, 0) is 10.0 Å². The Kier molecular flexibility index (Phi) is 2.99. The molecule has 5 N–H and O–H groups in total. The first-order chi connectivity index (χ1) is 9.95. The van der Waals surface area contributed by atoms with Gasteiger partial charge in [0.25, 0.3) is 10.0 Å². The number of fused-ring (bicyclic) bond motifs is 1. The van der Waals surface area contributed by atoms with Crippen molar-refractivity contribution >= 4 is 32.3 Å². The van der Waals surface area contributed by atoms with Crippen molar-refractivity contribution in [2.24, 2.45) is 0 Å². The van der Waals surface area contributed by atoms with E-state index in [0.717, 1.165) is 0 Å². The van der Waals surface area contributed by atoms with Gasteiger partial charge < -0.3 is 15.8 Å². The molecule has 0 unspecified atom stereocenters. The maximum Gasteiger partial charge on any atom is 0.264 e. The van der Waals surface area contributed by atoms with E-state index in [-0.39, 0.29) is 10.6 Å². The molecule has 0 amide bonds. The van der Waals surface area contributed by atoms with E-state index in [4.69, 9.17) is 5.73 Å². The zero-order chi connectivity index (χ0) is 15.0. The third-order valence-corrected chi connectivity index (χ3v) is 4.48. The molecule has 0 aliphatic rings. The highest BCUT2D eigenvalue weighted by Gasteiger charge is 2.19. The molecule has 0 aliphatic carbocycles. The summed E-state index contributed by atoms with van der Waals surface area (Å²) in [5.41, 5.74) is 7.16. The summed E-state index contributed by atoms with van der Waals surface area (Å²) in [7, 11) is -3.76. The van der Waals surface area contributed by atoms with E-state index in [1.807, 2.05) is 0 Å². The van der Waals surface area contributed by atoms with Crippen LogP contribution in [0.4, 0.5) is 11.4 Å². The molecular weight excluding hydrogens is 290 g/mol. The molecule has 0 spiro atoms. The van der Waals surface area contributed by atoms with Gasteiger partial charge in [0, 0.05) is 28.9 Å². The van der Waals surface area contributed by atoms with Crippen LogP contribution >= 0.6 is 0 Å². The summed E-state index contributed by atoms with van der Waals surface area (Å²) in [6, 6.07) is 10.9. The second kappa shape index (κ2) is 4.71. The highest BCUT2D eigenvalue weighted by Crippen LogP contribution is 2.27. The summed E-state index contributed by atoms with van der Waals surface area (Å²) in [4.78, 5) is 3.01. The van der Waals surface area contributed by atoms with Gasteiger partial charge in [-0.2, -0.15) is 0 Å². The van der Waals surface area contributed by atoms with E-state index in [9.17, 15) is 13.5 Å². The highest BCUT2D eigenvalue weighted by molar-refractivity contribution is 7.93. The summed E-state index contributed by atoms with van der Waals surface area (Å²) >= 11 is 0. The molecule has 0 saturated carbocycles. The predicted octanol–water partition coefficient (Wildman–Crippen LogP) is 2.26. The zero-order valence-electron chi connectivity index (χ0n) is 10.9. The molecule has 21 heavy (non-hydrogen) atoms. The third kappa shape index (κ3) is 2.50. The lowest BCUT2D eigenvalue weighted by Crippen LogP contribution is -2.12. The van der Waals surface area contributed by atoms with Gasteiger partial charge in [0.05, 0.1) is 5.69 Å². The van der Waals surface area contributed by atoms with Crippen molar-refractivity contribution in [2.45, 2.75) is 4.90 Å². The number of nitrogens with one attached hydrogen (secondary N) is 2. The van der Waals surface area contributed by atoms with Gasteiger partial charge in [-0.25, -0.2) is 8.42 Å². The molecule has 3 rings (SSSR count). The van der Waals surface area contributed by atoms with Crippen molar-refractivity contribution in [3.63, 3.8) is 0 Å². The minimum absolute atomic E-state index is 0.0121. The number of aromatic nitrogens is 1. The lowest BCUT2D eigenvalue weighted by molar-refractivity contribution is 0.475. The fraction of sp³-hybridized carbons (Fsp3) is 0. The average molecular weight is 303 g/mol. The molecule has 0 radical (unpaired) electrons. The molecule has 0 saturated heterocycles.